The molecule has 1 aromatic carbocycles. The van der Waals surface area contributed by atoms with E-state index in [2.05, 4.69) is 23.0 Å². The highest BCUT2D eigenvalue weighted by Crippen LogP contribution is 2.35. The van der Waals surface area contributed by atoms with Gasteiger partial charge in [0.25, 0.3) is 5.91 Å². The van der Waals surface area contributed by atoms with E-state index in [0.717, 1.165) is 29.3 Å². The fourth-order valence-electron chi connectivity index (χ4n) is 3.25. The van der Waals surface area contributed by atoms with Crippen molar-refractivity contribution in [3.8, 4) is 5.75 Å². The van der Waals surface area contributed by atoms with Crippen molar-refractivity contribution in [1.82, 2.24) is 15.8 Å². The van der Waals surface area contributed by atoms with Gasteiger partial charge in [-0.15, -0.1) is 0 Å². The van der Waals surface area contributed by atoms with Crippen molar-refractivity contribution in [3.63, 3.8) is 0 Å². The van der Waals surface area contributed by atoms with Gasteiger partial charge in [-0.2, -0.15) is 5.01 Å². The second kappa shape index (κ2) is 6.87. The van der Waals surface area contributed by atoms with E-state index < -0.39 is 11.6 Å². The van der Waals surface area contributed by atoms with Gasteiger partial charge in [-0.3, -0.25) is 10.2 Å². The summed E-state index contributed by atoms with van der Waals surface area (Å²) in [5.74, 6) is 1.05. The van der Waals surface area contributed by atoms with Gasteiger partial charge in [-0.1, -0.05) is 6.92 Å². The Morgan fingerprint density at radius 3 is 2.52 bits per heavy atom. The second-order valence-corrected chi connectivity index (χ2v) is 7.04. The molecule has 1 aliphatic carbocycles. The molecule has 1 aliphatic heterocycles. The lowest BCUT2D eigenvalue weighted by Gasteiger charge is -2.33. The third-order valence-electron chi connectivity index (χ3n) is 4.85. The summed E-state index contributed by atoms with van der Waals surface area (Å²) in [6.45, 7) is 2.16. The summed E-state index contributed by atoms with van der Waals surface area (Å²) in [4.78, 5) is 25.0. The van der Waals surface area contributed by atoms with Crippen LogP contribution in [0.25, 0.3) is 0 Å². The minimum absolute atomic E-state index is 0.176. The lowest BCUT2D eigenvalue weighted by molar-refractivity contribution is -0.133. The third-order valence-corrected chi connectivity index (χ3v) is 5.04. The zero-order valence-corrected chi connectivity index (χ0v) is 15.1. The fourth-order valence-corrected chi connectivity index (χ4v) is 3.46. The molecule has 8 heteroatoms. The zero-order chi connectivity index (χ0) is 18.0. The number of hydrogen-bond donors (Lipinski definition) is 3. The van der Waals surface area contributed by atoms with Crippen LogP contribution in [0.2, 0.25) is 0 Å². The Hall–Kier alpha value is -2.35. The molecule has 7 nitrogen and oxygen atoms in total. The normalized spacial score (nSPS) is 25.7. The minimum Gasteiger partial charge on any atom is -0.497 e. The number of nitrogens with one attached hydrogen (secondary N) is 3. The number of anilines is 1. The van der Waals surface area contributed by atoms with Crippen LogP contribution in [0.15, 0.2) is 24.3 Å². The molecule has 1 saturated carbocycles. The van der Waals surface area contributed by atoms with Gasteiger partial charge in [-0.05, 0) is 68.1 Å². The molecular weight excluding hydrogens is 340 g/mol. The number of nitrogens with zero attached hydrogens (tertiary/aromatic N) is 1. The van der Waals surface area contributed by atoms with Crippen LogP contribution in [0.1, 0.15) is 32.6 Å². The molecule has 1 aromatic rings. The van der Waals surface area contributed by atoms with Crippen LogP contribution in [0.4, 0.5) is 10.5 Å². The van der Waals surface area contributed by atoms with Gasteiger partial charge in [0.1, 0.15) is 11.3 Å². The van der Waals surface area contributed by atoms with Crippen molar-refractivity contribution >= 4 is 35.0 Å². The van der Waals surface area contributed by atoms with Crippen LogP contribution in [-0.4, -0.2) is 34.7 Å². The fraction of sp³-hybridized carbons (Fsp3) is 0.471. The average Bonchev–Trinajstić information content (AvgIpc) is 2.83. The van der Waals surface area contributed by atoms with E-state index in [4.69, 9.17) is 17.0 Å². The van der Waals surface area contributed by atoms with E-state index in [1.165, 1.54) is 0 Å². The van der Waals surface area contributed by atoms with Crippen LogP contribution in [0.3, 0.4) is 0 Å². The van der Waals surface area contributed by atoms with E-state index >= 15 is 0 Å². The number of imide groups is 1. The van der Waals surface area contributed by atoms with Crippen LogP contribution >= 0.6 is 12.2 Å². The first-order valence-electron chi connectivity index (χ1n) is 8.32. The highest BCUT2D eigenvalue weighted by Gasteiger charge is 2.52. The molecule has 0 radical (unpaired) electrons. The maximum Gasteiger partial charge on any atom is 0.344 e. The molecule has 0 unspecified atom stereocenters. The summed E-state index contributed by atoms with van der Waals surface area (Å²) in [5, 5.41) is 6.95. The van der Waals surface area contributed by atoms with Gasteiger partial charge in [0.15, 0.2) is 5.11 Å². The number of amides is 3. The van der Waals surface area contributed by atoms with Crippen molar-refractivity contribution in [2.24, 2.45) is 5.92 Å². The van der Waals surface area contributed by atoms with E-state index in [1.54, 1.807) is 31.4 Å². The van der Waals surface area contributed by atoms with E-state index in [9.17, 15) is 9.59 Å². The molecular formula is C17H22N4O3S. The Labute approximate surface area is 152 Å². The number of ether oxygens (including phenoxy) is 1. The summed E-state index contributed by atoms with van der Waals surface area (Å²) in [7, 11) is 1.59. The van der Waals surface area contributed by atoms with Crippen molar-refractivity contribution in [2.45, 2.75) is 38.1 Å². The molecule has 2 aliphatic rings. The SMILES string of the molecule is COc1ccc(NC(=S)NN2C(=O)NC3(CCC(C)CC3)C2=O)cc1. The average molecular weight is 362 g/mol. The topological polar surface area (TPSA) is 82.7 Å². The first kappa shape index (κ1) is 17.5. The number of urea groups is 1. The van der Waals surface area contributed by atoms with Gasteiger partial charge < -0.3 is 15.4 Å². The van der Waals surface area contributed by atoms with Gasteiger partial charge in [0.2, 0.25) is 0 Å². The van der Waals surface area contributed by atoms with E-state index in [1.807, 2.05) is 0 Å². The molecule has 1 heterocycles. The van der Waals surface area contributed by atoms with Gasteiger partial charge >= 0.3 is 6.03 Å². The Morgan fingerprint density at radius 2 is 1.92 bits per heavy atom. The van der Waals surface area contributed by atoms with Crippen LogP contribution in [-0.2, 0) is 4.79 Å². The van der Waals surface area contributed by atoms with Gasteiger partial charge in [0, 0.05) is 5.69 Å². The smallest absolute Gasteiger partial charge is 0.344 e. The Balaban J connectivity index is 1.62. The van der Waals surface area contributed by atoms with E-state index in [0.29, 0.717) is 18.8 Å². The number of carbonyl (C=O) groups is 2. The quantitative estimate of drug-likeness (QED) is 0.566. The highest BCUT2D eigenvalue weighted by atomic mass is 32.1. The van der Waals surface area contributed by atoms with Crippen molar-refractivity contribution in [2.75, 3.05) is 12.4 Å². The largest absolute Gasteiger partial charge is 0.497 e. The van der Waals surface area contributed by atoms with Crippen LogP contribution in [0.5, 0.6) is 5.75 Å². The predicted octanol–water partition coefficient (Wildman–Crippen LogP) is 2.40. The molecule has 3 rings (SSSR count). The van der Waals surface area contributed by atoms with Gasteiger partial charge in [-0.25, -0.2) is 4.79 Å². The summed E-state index contributed by atoms with van der Waals surface area (Å²) in [6.07, 6.45) is 3.17. The number of methoxy groups -OCH3 is 1. The summed E-state index contributed by atoms with van der Waals surface area (Å²) < 4.78 is 5.10. The lowest BCUT2D eigenvalue weighted by Crippen LogP contribution is -2.52. The maximum absolute atomic E-state index is 12.7. The number of rotatable bonds is 3. The molecule has 134 valence electrons. The van der Waals surface area contributed by atoms with Crippen LogP contribution in [0, 0.1) is 5.92 Å². The molecule has 1 saturated heterocycles. The standard InChI is InChI=1S/C17H22N4O3S/c1-11-7-9-17(10-8-11)14(22)21(16(23)19-17)20-15(25)18-12-3-5-13(24-2)6-4-12/h3-6,11H,7-10H2,1-2H3,(H,19,23)(H2,18,20,25). The highest BCUT2D eigenvalue weighted by molar-refractivity contribution is 7.80. The molecule has 25 heavy (non-hydrogen) atoms. The first-order valence-corrected chi connectivity index (χ1v) is 8.73. The van der Waals surface area contributed by atoms with E-state index in [-0.39, 0.29) is 11.0 Å². The van der Waals surface area contributed by atoms with Gasteiger partial charge in [0.05, 0.1) is 7.11 Å². The predicted molar refractivity (Wildman–Crippen MR) is 98.1 cm³/mol. The summed E-state index contributed by atoms with van der Waals surface area (Å²) in [6, 6.07) is 6.71. The Kier molecular flexibility index (Phi) is 4.80. The zero-order valence-electron chi connectivity index (χ0n) is 14.3. The monoisotopic (exact) mass is 362 g/mol. The summed E-state index contributed by atoms with van der Waals surface area (Å²) in [5.41, 5.74) is 2.64. The number of hydrogen-bond acceptors (Lipinski definition) is 4. The number of benzene rings is 1. The number of hydrazine groups is 1. The summed E-state index contributed by atoms with van der Waals surface area (Å²) >= 11 is 5.22. The molecule has 2 fully saturated rings. The molecule has 3 amide bonds. The second-order valence-electron chi connectivity index (χ2n) is 6.63. The Morgan fingerprint density at radius 1 is 1.28 bits per heavy atom. The Bertz CT molecular complexity index is 684. The molecule has 0 aromatic heterocycles. The molecule has 3 N–H and O–H groups in total. The molecule has 0 bridgehead atoms. The molecule has 1 spiro atoms. The first-order chi connectivity index (χ1) is 11.9. The van der Waals surface area contributed by atoms with Crippen molar-refractivity contribution in [3.05, 3.63) is 24.3 Å². The van der Waals surface area contributed by atoms with Crippen molar-refractivity contribution in [1.29, 1.82) is 0 Å². The lowest BCUT2D eigenvalue weighted by atomic mass is 9.77. The third kappa shape index (κ3) is 3.53. The van der Waals surface area contributed by atoms with Crippen molar-refractivity contribution < 1.29 is 14.3 Å². The number of carbonyl (C=O) groups excluding carboxylic acids is 2. The van der Waals surface area contributed by atoms with Crippen LogP contribution < -0.4 is 20.8 Å². The number of thiocarbonyl (C=S) groups is 1. The molecule has 0 atom stereocenters. The minimum atomic E-state index is -0.785. The maximum atomic E-state index is 12.7.